The maximum atomic E-state index is 12.9. The number of hydrogen-bond acceptors (Lipinski definition) is 6. The van der Waals surface area contributed by atoms with Crippen molar-refractivity contribution in [3.63, 3.8) is 0 Å². The van der Waals surface area contributed by atoms with Crippen molar-refractivity contribution >= 4 is 63.0 Å². The topological polar surface area (TPSA) is 84.9 Å². The number of ether oxygens (including phenoxy) is 2. The van der Waals surface area contributed by atoms with Gasteiger partial charge in [0.2, 0.25) is 5.91 Å². The summed E-state index contributed by atoms with van der Waals surface area (Å²) in [5.41, 5.74) is 1.20. The number of carbonyl (C=O) groups excluding carboxylic acids is 3. The molecule has 0 aromatic heterocycles. The molecule has 33 heavy (non-hydrogen) atoms. The van der Waals surface area contributed by atoms with E-state index in [1.807, 2.05) is 36.4 Å². The highest BCUT2D eigenvalue weighted by atomic mass is 35.5. The molecule has 0 spiro atoms. The lowest BCUT2D eigenvalue weighted by Crippen LogP contribution is -2.36. The van der Waals surface area contributed by atoms with Crippen LogP contribution in [0.2, 0.25) is 5.02 Å². The van der Waals surface area contributed by atoms with E-state index in [4.69, 9.17) is 21.1 Å². The standard InChI is InChI=1S/C24H19ClN2O5S/c1-31-19-9-7-14(16-5-3-4-6-17(16)19)11-21-23(29)27(24(30)33-21)13-22(28)26-15-8-10-20(32-2)18(25)12-15/h3-12H,13H2,1-2H3,(H,26,28)/b21-11+. The molecule has 1 saturated heterocycles. The van der Waals surface area contributed by atoms with E-state index >= 15 is 0 Å². The number of amides is 3. The molecule has 1 aliphatic rings. The molecule has 0 unspecified atom stereocenters. The molecule has 1 aliphatic heterocycles. The number of imide groups is 1. The van der Waals surface area contributed by atoms with Crippen molar-refractivity contribution in [2.75, 3.05) is 26.1 Å². The number of nitrogens with zero attached hydrogens (tertiary/aromatic N) is 1. The van der Waals surface area contributed by atoms with Crippen LogP contribution in [0, 0.1) is 0 Å². The predicted octanol–water partition coefficient (Wildman–Crippen LogP) is 5.19. The molecular formula is C24H19ClN2O5S. The van der Waals surface area contributed by atoms with Crippen LogP contribution < -0.4 is 14.8 Å². The monoisotopic (exact) mass is 482 g/mol. The Hall–Kier alpha value is -3.49. The van der Waals surface area contributed by atoms with Gasteiger partial charge in [-0.3, -0.25) is 19.3 Å². The van der Waals surface area contributed by atoms with E-state index in [0.29, 0.717) is 22.2 Å². The summed E-state index contributed by atoms with van der Waals surface area (Å²) in [6.45, 7) is -0.408. The molecule has 4 rings (SSSR count). The van der Waals surface area contributed by atoms with Gasteiger partial charge in [0.1, 0.15) is 18.0 Å². The zero-order valence-electron chi connectivity index (χ0n) is 17.8. The number of thioether (sulfide) groups is 1. The van der Waals surface area contributed by atoms with Gasteiger partial charge in [-0.05, 0) is 53.1 Å². The average Bonchev–Trinajstić information content (AvgIpc) is 3.06. The molecule has 1 N–H and O–H groups in total. The van der Waals surface area contributed by atoms with Crippen molar-refractivity contribution in [1.29, 1.82) is 0 Å². The van der Waals surface area contributed by atoms with Crippen LogP contribution in [0.4, 0.5) is 10.5 Å². The molecule has 7 nitrogen and oxygen atoms in total. The number of anilines is 1. The highest BCUT2D eigenvalue weighted by molar-refractivity contribution is 8.18. The molecule has 1 heterocycles. The van der Waals surface area contributed by atoms with Gasteiger partial charge in [-0.25, -0.2) is 0 Å². The van der Waals surface area contributed by atoms with Gasteiger partial charge in [-0.2, -0.15) is 0 Å². The zero-order chi connectivity index (χ0) is 23.5. The first-order valence-corrected chi connectivity index (χ1v) is 11.0. The molecule has 1 fully saturated rings. The van der Waals surface area contributed by atoms with E-state index in [2.05, 4.69) is 5.32 Å². The lowest BCUT2D eigenvalue weighted by molar-refractivity contribution is -0.127. The minimum absolute atomic E-state index is 0.246. The molecule has 0 radical (unpaired) electrons. The zero-order valence-corrected chi connectivity index (χ0v) is 19.3. The van der Waals surface area contributed by atoms with Gasteiger partial charge in [-0.15, -0.1) is 0 Å². The predicted molar refractivity (Wildman–Crippen MR) is 130 cm³/mol. The summed E-state index contributed by atoms with van der Waals surface area (Å²) < 4.78 is 10.5. The largest absolute Gasteiger partial charge is 0.496 e. The number of benzene rings is 3. The Balaban J connectivity index is 1.52. The van der Waals surface area contributed by atoms with Crippen molar-refractivity contribution in [3.8, 4) is 11.5 Å². The highest BCUT2D eigenvalue weighted by Gasteiger charge is 2.36. The average molecular weight is 483 g/mol. The van der Waals surface area contributed by atoms with E-state index in [0.717, 1.165) is 33.0 Å². The summed E-state index contributed by atoms with van der Waals surface area (Å²) in [6, 6.07) is 16.0. The summed E-state index contributed by atoms with van der Waals surface area (Å²) in [6.07, 6.45) is 1.66. The van der Waals surface area contributed by atoms with Crippen LogP contribution in [0.5, 0.6) is 11.5 Å². The van der Waals surface area contributed by atoms with Crippen molar-refractivity contribution in [2.45, 2.75) is 0 Å². The molecular weight excluding hydrogens is 464 g/mol. The SMILES string of the molecule is COc1ccc(NC(=O)CN2C(=O)S/C(=C/c3ccc(OC)c4ccccc34)C2=O)cc1Cl. The number of halogens is 1. The smallest absolute Gasteiger partial charge is 0.294 e. The second-order valence-corrected chi connectivity index (χ2v) is 8.47. The summed E-state index contributed by atoms with van der Waals surface area (Å²) >= 11 is 6.87. The highest BCUT2D eigenvalue weighted by Crippen LogP contribution is 2.35. The van der Waals surface area contributed by atoms with Crippen molar-refractivity contribution in [2.24, 2.45) is 0 Å². The van der Waals surface area contributed by atoms with Crippen LogP contribution in [0.15, 0.2) is 59.5 Å². The maximum absolute atomic E-state index is 12.9. The molecule has 0 bridgehead atoms. The number of fused-ring (bicyclic) bond motifs is 1. The fraction of sp³-hybridized carbons (Fsp3) is 0.125. The van der Waals surface area contributed by atoms with Crippen LogP contribution in [0.3, 0.4) is 0 Å². The molecule has 3 amide bonds. The van der Waals surface area contributed by atoms with Gasteiger partial charge in [0.25, 0.3) is 11.1 Å². The Bertz CT molecular complexity index is 1310. The number of nitrogens with one attached hydrogen (secondary N) is 1. The van der Waals surface area contributed by atoms with E-state index in [1.54, 1.807) is 25.3 Å². The lowest BCUT2D eigenvalue weighted by Gasteiger charge is -2.13. The van der Waals surface area contributed by atoms with Gasteiger partial charge in [0.15, 0.2) is 0 Å². The van der Waals surface area contributed by atoms with Crippen LogP contribution in [-0.2, 0) is 9.59 Å². The van der Waals surface area contributed by atoms with Gasteiger partial charge < -0.3 is 14.8 Å². The molecule has 0 atom stereocenters. The molecule has 168 valence electrons. The van der Waals surface area contributed by atoms with Gasteiger partial charge >= 0.3 is 0 Å². The first-order chi connectivity index (χ1) is 15.9. The number of carbonyl (C=O) groups is 3. The summed E-state index contributed by atoms with van der Waals surface area (Å²) in [4.78, 5) is 39.0. The van der Waals surface area contributed by atoms with E-state index in [1.165, 1.54) is 13.2 Å². The number of hydrogen-bond donors (Lipinski definition) is 1. The van der Waals surface area contributed by atoms with Crippen LogP contribution >= 0.6 is 23.4 Å². The Labute approximate surface area is 199 Å². The molecule has 3 aromatic rings. The van der Waals surface area contributed by atoms with Gasteiger partial charge in [-0.1, -0.05) is 41.9 Å². The maximum Gasteiger partial charge on any atom is 0.294 e. The van der Waals surface area contributed by atoms with E-state index in [-0.39, 0.29) is 4.91 Å². The lowest BCUT2D eigenvalue weighted by atomic mass is 10.0. The molecule has 9 heteroatoms. The van der Waals surface area contributed by atoms with E-state index < -0.39 is 23.6 Å². The second kappa shape index (κ2) is 9.56. The molecule has 0 saturated carbocycles. The first kappa shape index (κ1) is 22.7. The van der Waals surface area contributed by atoms with Crippen molar-refractivity contribution in [3.05, 3.63) is 70.1 Å². The Kier molecular flexibility index (Phi) is 6.57. The Morgan fingerprint density at radius 3 is 2.42 bits per heavy atom. The van der Waals surface area contributed by atoms with Gasteiger partial charge in [0.05, 0.1) is 24.1 Å². The van der Waals surface area contributed by atoms with Crippen molar-refractivity contribution < 1.29 is 23.9 Å². The Morgan fingerprint density at radius 1 is 1.03 bits per heavy atom. The summed E-state index contributed by atoms with van der Waals surface area (Å²) in [5, 5.41) is 4.24. The summed E-state index contributed by atoms with van der Waals surface area (Å²) in [5.74, 6) is 0.144. The van der Waals surface area contributed by atoms with Gasteiger partial charge in [0, 0.05) is 11.1 Å². The summed E-state index contributed by atoms with van der Waals surface area (Å²) in [7, 11) is 3.08. The minimum Gasteiger partial charge on any atom is -0.496 e. The third-order valence-corrected chi connectivity index (χ3v) is 6.24. The Morgan fingerprint density at radius 2 is 1.73 bits per heavy atom. The molecule has 3 aromatic carbocycles. The molecule has 0 aliphatic carbocycles. The minimum atomic E-state index is -0.521. The number of rotatable bonds is 6. The third-order valence-electron chi connectivity index (χ3n) is 5.04. The van der Waals surface area contributed by atoms with E-state index in [9.17, 15) is 14.4 Å². The number of methoxy groups -OCH3 is 2. The first-order valence-electron chi connectivity index (χ1n) is 9.85. The van der Waals surface area contributed by atoms with Crippen LogP contribution in [-0.4, -0.2) is 42.7 Å². The van der Waals surface area contributed by atoms with Crippen LogP contribution in [0.1, 0.15) is 5.56 Å². The van der Waals surface area contributed by atoms with Crippen LogP contribution in [0.25, 0.3) is 16.8 Å². The fourth-order valence-electron chi connectivity index (χ4n) is 3.46. The third kappa shape index (κ3) is 4.67. The normalized spacial score (nSPS) is 14.8. The quantitative estimate of drug-likeness (QED) is 0.487. The van der Waals surface area contributed by atoms with Crippen molar-refractivity contribution in [1.82, 2.24) is 4.90 Å². The fourth-order valence-corrected chi connectivity index (χ4v) is 4.55. The second-order valence-electron chi connectivity index (χ2n) is 7.07.